The van der Waals surface area contributed by atoms with E-state index in [0.717, 1.165) is 0 Å². The van der Waals surface area contributed by atoms with Gasteiger partial charge in [-0.05, 0) is 94.7 Å². The molecule has 0 fully saturated rings. The van der Waals surface area contributed by atoms with Gasteiger partial charge in [0.25, 0.3) is 0 Å². The molecule has 0 amide bonds. The van der Waals surface area contributed by atoms with Crippen molar-refractivity contribution in [2.45, 2.75) is 0 Å². The Bertz CT molecular complexity index is 2190. The predicted molar refractivity (Wildman–Crippen MR) is 173 cm³/mol. The second-order valence-corrected chi connectivity index (χ2v) is 10.5. The van der Waals surface area contributed by atoms with Crippen molar-refractivity contribution in [3.8, 4) is 33.4 Å². The molecule has 8 aromatic carbocycles. The Balaban J connectivity index is 1.47. The van der Waals surface area contributed by atoms with Crippen LogP contribution in [-0.4, -0.2) is 0 Å². The van der Waals surface area contributed by atoms with Crippen molar-refractivity contribution in [3.63, 3.8) is 0 Å². The fourth-order valence-corrected chi connectivity index (χ4v) is 6.36. The third-order valence-electron chi connectivity index (χ3n) is 8.23. The second-order valence-electron chi connectivity index (χ2n) is 10.5. The highest BCUT2D eigenvalue weighted by Crippen LogP contribution is 2.44. The molecule has 0 aliphatic carbocycles. The van der Waals surface area contributed by atoms with Crippen LogP contribution in [0.4, 0.5) is 0 Å². The summed E-state index contributed by atoms with van der Waals surface area (Å²) in [5.74, 6) is 0. The third kappa shape index (κ3) is 3.61. The van der Waals surface area contributed by atoms with E-state index in [9.17, 15) is 0 Å². The molecule has 0 spiro atoms. The summed E-state index contributed by atoms with van der Waals surface area (Å²) >= 11 is 0. The highest BCUT2D eigenvalue weighted by atomic mass is 14.2. The van der Waals surface area contributed by atoms with Gasteiger partial charge in [-0.15, -0.1) is 0 Å². The lowest BCUT2D eigenvalue weighted by Gasteiger charge is -2.17. The lowest BCUT2D eigenvalue weighted by atomic mass is 9.86. The fourth-order valence-electron chi connectivity index (χ4n) is 6.36. The first-order valence-corrected chi connectivity index (χ1v) is 13.9. The van der Waals surface area contributed by atoms with E-state index in [2.05, 4.69) is 158 Å². The molecule has 8 aromatic rings. The average molecular weight is 507 g/mol. The molecule has 0 heterocycles. The van der Waals surface area contributed by atoms with Crippen molar-refractivity contribution in [2.24, 2.45) is 0 Å². The lowest BCUT2D eigenvalue weighted by molar-refractivity contribution is 1.61. The van der Waals surface area contributed by atoms with Crippen LogP contribution in [0.3, 0.4) is 0 Å². The summed E-state index contributed by atoms with van der Waals surface area (Å²) in [7, 11) is 0. The zero-order valence-electron chi connectivity index (χ0n) is 22.0. The van der Waals surface area contributed by atoms with Gasteiger partial charge in [0.1, 0.15) is 0 Å². The zero-order valence-corrected chi connectivity index (χ0v) is 22.0. The van der Waals surface area contributed by atoms with Gasteiger partial charge in [0.2, 0.25) is 0 Å². The van der Waals surface area contributed by atoms with Crippen LogP contribution in [0.2, 0.25) is 0 Å². The normalized spacial score (nSPS) is 11.5. The standard InChI is InChI=1S/C40H26/c1-3-12-27(13-4-1)29-16-11-17-31(24-29)37-26-39-33-19-8-7-18-32(33)38-25-30(28-14-5-2-6-15-28)22-23-36(38)40(39)35-21-10-9-20-34(35)37/h1-26H. The van der Waals surface area contributed by atoms with Crippen molar-refractivity contribution >= 4 is 43.1 Å². The Morgan fingerprint density at radius 2 is 0.725 bits per heavy atom. The molecule has 0 nitrogen and oxygen atoms in total. The summed E-state index contributed by atoms with van der Waals surface area (Å²) in [5, 5.41) is 10.4. The van der Waals surface area contributed by atoms with Gasteiger partial charge < -0.3 is 0 Å². The molecule has 0 unspecified atom stereocenters. The topological polar surface area (TPSA) is 0 Å². The Morgan fingerprint density at radius 1 is 0.225 bits per heavy atom. The van der Waals surface area contributed by atoms with Gasteiger partial charge in [-0.2, -0.15) is 0 Å². The van der Waals surface area contributed by atoms with Crippen molar-refractivity contribution in [2.75, 3.05) is 0 Å². The van der Waals surface area contributed by atoms with Crippen LogP contribution in [-0.2, 0) is 0 Å². The van der Waals surface area contributed by atoms with E-state index < -0.39 is 0 Å². The summed E-state index contributed by atoms with van der Waals surface area (Å²) in [6.07, 6.45) is 0. The molecule has 0 aliphatic heterocycles. The number of hydrogen-bond donors (Lipinski definition) is 0. The van der Waals surface area contributed by atoms with Crippen LogP contribution >= 0.6 is 0 Å². The number of benzene rings is 8. The van der Waals surface area contributed by atoms with Crippen LogP contribution in [0.15, 0.2) is 158 Å². The molecule has 8 rings (SSSR count). The van der Waals surface area contributed by atoms with E-state index in [4.69, 9.17) is 0 Å². The highest BCUT2D eigenvalue weighted by molar-refractivity contribution is 6.33. The Kier molecular flexibility index (Phi) is 5.24. The molecule has 0 saturated carbocycles. The average Bonchev–Trinajstić information content (AvgIpc) is 3.05. The van der Waals surface area contributed by atoms with Crippen LogP contribution < -0.4 is 0 Å². The second kappa shape index (κ2) is 9.22. The van der Waals surface area contributed by atoms with Crippen molar-refractivity contribution < 1.29 is 0 Å². The molecule has 0 aromatic heterocycles. The molecule has 0 saturated heterocycles. The molecule has 0 heteroatoms. The van der Waals surface area contributed by atoms with Crippen LogP contribution in [0.1, 0.15) is 0 Å². The first-order valence-electron chi connectivity index (χ1n) is 13.9. The Labute approximate surface area is 233 Å². The van der Waals surface area contributed by atoms with Gasteiger partial charge in [0.05, 0.1) is 0 Å². The summed E-state index contributed by atoms with van der Waals surface area (Å²) in [6, 6.07) is 57.5. The SMILES string of the molecule is c1ccc(-c2cccc(-c3cc4c5ccccc5c5cc(-c6ccccc6)ccc5c4c4ccccc34)c2)cc1. The molecule has 0 aliphatic rings. The fraction of sp³-hybridized carbons (Fsp3) is 0. The first-order chi connectivity index (χ1) is 19.8. The molecular weight excluding hydrogens is 480 g/mol. The van der Waals surface area contributed by atoms with Gasteiger partial charge in [0.15, 0.2) is 0 Å². The third-order valence-corrected chi connectivity index (χ3v) is 8.23. The minimum Gasteiger partial charge on any atom is -0.0622 e. The van der Waals surface area contributed by atoms with E-state index in [1.165, 1.54) is 76.5 Å². The molecule has 0 N–H and O–H groups in total. The Hall–Kier alpha value is -5.20. The summed E-state index contributed by atoms with van der Waals surface area (Å²) < 4.78 is 0. The molecular formula is C40H26. The maximum absolute atomic E-state index is 2.43. The van der Waals surface area contributed by atoms with E-state index in [1.54, 1.807) is 0 Å². The van der Waals surface area contributed by atoms with Gasteiger partial charge in [-0.3, -0.25) is 0 Å². The largest absolute Gasteiger partial charge is 0.0622 e. The lowest BCUT2D eigenvalue weighted by Crippen LogP contribution is -1.90. The van der Waals surface area contributed by atoms with Gasteiger partial charge in [-0.1, -0.05) is 140 Å². The Morgan fingerprint density at radius 3 is 1.43 bits per heavy atom. The number of rotatable bonds is 3. The van der Waals surface area contributed by atoms with Crippen molar-refractivity contribution in [3.05, 3.63) is 158 Å². The van der Waals surface area contributed by atoms with Crippen LogP contribution in [0.5, 0.6) is 0 Å². The highest BCUT2D eigenvalue weighted by Gasteiger charge is 2.16. The molecule has 0 atom stereocenters. The maximum atomic E-state index is 2.43. The maximum Gasteiger partial charge on any atom is -0.00199 e. The summed E-state index contributed by atoms with van der Waals surface area (Å²) in [4.78, 5) is 0. The van der Waals surface area contributed by atoms with Gasteiger partial charge >= 0.3 is 0 Å². The molecule has 0 radical (unpaired) electrons. The zero-order chi connectivity index (χ0) is 26.5. The number of fused-ring (bicyclic) bond motifs is 8. The smallest absolute Gasteiger partial charge is 0.00199 e. The van der Waals surface area contributed by atoms with Crippen molar-refractivity contribution in [1.29, 1.82) is 0 Å². The monoisotopic (exact) mass is 506 g/mol. The van der Waals surface area contributed by atoms with E-state index >= 15 is 0 Å². The molecule has 40 heavy (non-hydrogen) atoms. The first kappa shape index (κ1) is 22.8. The van der Waals surface area contributed by atoms with Crippen LogP contribution in [0, 0.1) is 0 Å². The predicted octanol–water partition coefficient (Wildman–Crippen LogP) is 11.3. The minimum atomic E-state index is 1.24. The van der Waals surface area contributed by atoms with Crippen molar-refractivity contribution in [1.82, 2.24) is 0 Å². The molecule has 186 valence electrons. The number of hydrogen-bond acceptors (Lipinski definition) is 0. The molecule has 0 bridgehead atoms. The van der Waals surface area contributed by atoms with E-state index in [1.807, 2.05) is 0 Å². The van der Waals surface area contributed by atoms with Gasteiger partial charge in [0, 0.05) is 0 Å². The minimum absolute atomic E-state index is 1.24. The summed E-state index contributed by atoms with van der Waals surface area (Å²) in [6.45, 7) is 0. The van der Waals surface area contributed by atoms with Crippen LogP contribution in [0.25, 0.3) is 76.5 Å². The van der Waals surface area contributed by atoms with Gasteiger partial charge in [-0.25, -0.2) is 0 Å². The van der Waals surface area contributed by atoms with E-state index in [-0.39, 0.29) is 0 Å². The summed E-state index contributed by atoms with van der Waals surface area (Å²) in [5.41, 5.74) is 7.47. The quantitative estimate of drug-likeness (QED) is 0.209. The van der Waals surface area contributed by atoms with E-state index in [0.29, 0.717) is 0 Å².